The number of ether oxygens (including phenoxy) is 7. The minimum absolute atomic E-state index is 0.0556. The molecule has 2 unspecified atom stereocenters. The van der Waals surface area contributed by atoms with E-state index in [2.05, 4.69) is 10.3 Å². The van der Waals surface area contributed by atoms with Gasteiger partial charge in [0.1, 0.15) is 47.4 Å². The molecule has 2 bridgehead atoms. The van der Waals surface area contributed by atoms with E-state index in [0.717, 1.165) is 5.03 Å². The molecule has 4 aliphatic rings. The van der Waals surface area contributed by atoms with Gasteiger partial charge in [0.15, 0.2) is 11.7 Å². The number of hydrogen-bond donors (Lipinski definition) is 3. The summed E-state index contributed by atoms with van der Waals surface area (Å²) in [7, 11) is 3.12. The molecule has 76 heavy (non-hydrogen) atoms. The number of aromatic nitrogens is 1. The van der Waals surface area contributed by atoms with Crippen LogP contribution in [0.15, 0.2) is 132 Å². The van der Waals surface area contributed by atoms with Gasteiger partial charge in [-0.2, -0.15) is 0 Å². The number of amides is 1. The van der Waals surface area contributed by atoms with Gasteiger partial charge in [-0.05, 0) is 77.7 Å². The van der Waals surface area contributed by atoms with Crippen LogP contribution in [0.4, 0.5) is 0 Å². The predicted molar refractivity (Wildman–Crippen MR) is 279 cm³/mol. The predicted octanol–water partition coefficient (Wildman–Crippen LogP) is 6.86. The summed E-state index contributed by atoms with van der Waals surface area (Å²) in [6.45, 7) is 9.37. The van der Waals surface area contributed by atoms with Gasteiger partial charge in [-0.1, -0.05) is 104 Å². The molecule has 1 aliphatic heterocycles. The fourth-order valence-corrected chi connectivity index (χ4v) is 13.5. The van der Waals surface area contributed by atoms with Crippen molar-refractivity contribution in [3.63, 3.8) is 0 Å². The van der Waals surface area contributed by atoms with E-state index in [4.69, 9.17) is 33.2 Å². The molecular formula is C57H64N2O15S2. The zero-order chi connectivity index (χ0) is 54.4. The number of esters is 4. The SMILES string of the molecule is CC(=O)O[C@@]12COC1C[C@H](OC(=O)COCCOCCSSc1ccccn1)[C@@]1(C)C(=O)[C@H](C)C3=C(C)C(OC(=O)[C@H](O)[C@@H](NC(=O)c4ccccc4)c4ccccc4)C[C@@](O)([C@@H](OC(=O)c4ccccc4)[C@@H]12)C3(C)C. The van der Waals surface area contributed by atoms with Gasteiger partial charge >= 0.3 is 23.9 Å². The van der Waals surface area contributed by atoms with Crippen LogP contribution in [0.2, 0.25) is 0 Å². The summed E-state index contributed by atoms with van der Waals surface area (Å²) < 4.78 is 42.9. The van der Waals surface area contributed by atoms with Gasteiger partial charge in [-0.3, -0.25) is 14.4 Å². The van der Waals surface area contributed by atoms with Gasteiger partial charge in [0.25, 0.3) is 5.91 Å². The van der Waals surface area contributed by atoms with Crippen molar-refractivity contribution in [2.24, 2.45) is 22.7 Å². The maximum atomic E-state index is 16.0. The van der Waals surface area contributed by atoms with E-state index in [1.54, 1.807) is 130 Å². The fourth-order valence-electron chi connectivity index (χ4n) is 11.7. The molecule has 2 saturated carbocycles. The molecule has 404 valence electrons. The first kappa shape index (κ1) is 56.3. The summed E-state index contributed by atoms with van der Waals surface area (Å²) >= 11 is 0. The van der Waals surface area contributed by atoms with Crippen molar-refractivity contribution in [3.8, 4) is 0 Å². The molecule has 17 nitrogen and oxygen atoms in total. The Morgan fingerprint density at radius 3 is 2.12 bits per heavy atom. The lowest BCUT2D eigenvalue weighted by Gasteiger charge is -2.67. The quantitative estimate of drug-likeness (QED) is 0.0270. The Balaban J connectivity index is 1.12. The number of pyridine rings is 1. The topological polar surface area (TPSA) is 232 Å². The van der Waals surface area contributed by atoms with Crippen molar-refractivity contribution in [1.29, 1.82) is 0 Å². The molecule has 3 N–H and O–H groups in total. The number of aliphatic hydroxyl groups is 2. The van der Waals surface area contributed by atoms with E-state index in [0.29, 0.717) is 29.1 Å². The van der Waals surface area contributed by atoms with E-state index < -0.39 is 119 Å². The molecule has 1 amide bonds. The molecule has 0 spiro atoms. The number of ketones is 1. The van der Waals surface area contributed by atoms with Crippen molar-refractivity contribution < 1.29 is 72.1 Å². The van der Waals surface area contributed by atoms with Crippen LogP contribution >= 0.6 is 21.6 Å². The highest BCUT2D eigenvalue weighted by molar-refractivity contribution is 8.76. The molecule has 3 aromatic carbocycles. The maximum absolute atomic E-state index is 16.0. The minimum Gasteiger partial charge on any atom is -0.459 e. The monoisotopic (exact) mass is 1080 g/mol. The lowest BCUT2D eigenvalue weighted by atomic mass is 9.43. The molecule has 1 aromatic heterocycles. The van der Waals surface area contributed by atoms with Crippen LogP contribution in [0, 0.1) is 22.7 Å². The minimum atomic E-state index is -2.29. The second-order valence-electron chi connectivity index (χ2n) is 20.3. The first-order valence-electron chi connectivity index (χ1n) is 25.2. The molecule has 1 saturated heterocycles. The van der Waals surface area contributed by atoms with Crippen LogP contribution < -0.4 is 5.32 Å². The van der Waals surface area contributed by atoms with Gasteiger partial charge in [-0.15, -0.1) is 0 Å². The van der Waals surface area contributed by atoms with E-state index in [9.17, 15) is 34.2 Å². The lowest BCUT2D eigenvalue weighted by Crippen LogP contribution is -2.81. The zero-order valence-corrected chi connectivity index (χ0v) is 44.8. The van der Waals surface area contributed by atoms with Crippen LogP contribution in [0.5, 0.6) is 0 Å². The number of hydrogen-bond acceptors (Lipinski definition) is 18. The largest absolute Gasteiger partial charge is 0.459 e. The first-order valence-corrected chi connectivity index (χ1v) is 27.5. The van der Waals surface area contributed by atoms with Crippen LogP contribution in [0.3, 0.4) is 0 Å². The van der Waals surface area contributed by atoms with Gasteiger partial charge in [0, 0.05) is 48.6 Å². The Kier molecular flexibility index (Phi) is 17.6. The number of fused-ring (bicyclic) bond motifs is 5. The van der Waals surface area contributed by atoms with Crippen molar-refractivity contribution in [2.45, 2.75) is 107 Å². The average Bonchev–Trinajstić information content (AvgIpc) is 3.59. The highest BCUT2D eigenvalue weighted by Gasteiger charge is 2.78. The number of rotatable bonds is 20. The molecule has 0 radical (unpaired) electrons. The third-order valence-corrected chi connectivity index (χ3v) is 17.7. The van der Waals surface area contributed by atoms with E-state index in [1.807, 2.05) is 18.2 Å². The highest BCUT2D eigenvalue weighted by atomic mass is 33.1. The second-order valence-corrected chi connectivity index (χ2v) is 22.7. The number of benzene rings is 3. The number of nitrogens with zero attached hydrogens (tertiary/aromatic N) is 1. The van der Waals surface area contributed by atoms with Crippen LogP contribution in [0.25, 0.3) is 0 Å². The molecule has 3 aliphatic carbocycles. The third kappa shape index (κ3) is 11.2. The van der Waals surface area contributed by atoms with Crippen LogP contribution in [-0.2, 0) is 52.3 Å². The Morgan fingerprint density at radius 2 is 1.49 bits per heavy atom. The molecule has 8 rings (SSSR count). The van der Waals surface area contributed by atoms with Crippen molar-refractivity contribution in [2.75, 3.05) is 38.8 Å². The number of carbonyl (C=O) groups is 6. The van der Waals surface area contributed by atoms with E-state index in [-0.39, 0.29) is 37.4 Å². The van der Waals surface area contributed by atoms with Crippen LogP contribution in [0.1, 0.15) is 86.7 Å². The molecule has 19 heteroatoms. The summed E-state index contributed by atoms with van der Waals surface area (Å²) in [5.74, 6) is -6.61. The van der Waals surface area contributed by atoms with Gasteiger partial charge < -0.3 is 48.7 Å². The number of aliphatic hydroxyl groups excluding tert-OH is 1. The number of Topliss-reactive ketones (excluding diaryl/α,β-unsaturated/α-hetero) is 1. The molecule has 11 atom stereocenters. The summed E-state index contributed by atoms with van der Waals surface area (Å²) in [4.78, 5) is 90.2. The Labute approximate surface area is 449 Å². The normalized spacial score (nSPS) is 28.1. The van der Waals surface area contributed by atoms with Crippen molar-refractivity contribution >= 4 is 57.2 Å². The van der Waals surface area contributed by atoms with Gasteiger partial charge in [-0.25, -0.2) is 19.4 Å². The van der Waals surface area contributed by atoms with Crippen molar-refractivity contribution in [3.05, 3.63) is 143 Å². The molecule has 4 aromatic rings. The number of carbonyl (C=O) groups excluding carboxylic acids is 6. The van der Waals surface area contributed by atoms with Crippen molar-refractivity contribution in [1.82, 2.24) is 10.3 Å². The summed E-state index contributed by atoms with van der Waals surface area (Å²) in [6, 6.07) is 29.0. The average molecular weight is 1080 g/mol. The Hall–Kier alpha value is -5.93. The third-order valence-electron chi connectivity index (χ3n) is 15.4. The highest BCUT2D eigenvalue weighted by Crippen LogP contribution is 2.65. The molecule has 3 fully saturated rings. The second kappa shape index (κ2) is 23.8. The summed E-state index contributed by atoms with van der Waals surface area (Å²) in [5, 5.41) is 29.6. The Morgan fingerprint density at radius 1 is 0.842 bits per heavy atom. The lowest BCUT2D eigenvalue weighted by molar-refractivity contribution is -0.346. The van der Waals surface area contributed by atoms with Gasteiger partial charge in [0.05, 0.1) is 49.4 Å². The van der Waals surface area contributed by atoms with Gasteiger partial charge in [0.2, 0.25) is 0 Å². The maximum Gasteiger partial charge on any atom is 0.338 e. The Bertz CT molecular complexity index is 2770. The summed E-state index contributed by atoms with van der Waals surface area (Å²) in [6.07, 6.45) is -6.34. The molecule has 2 heterocycles. The standard InChI is InChI=1S/C57H64N2O15S2/c1-34-40(71-53(66)47(62)46(37-18-10-7-11-19-37)59-51(64)38-20-12-8-13-21-38)31-57(67)50(73-52(65)39-22-14-9-15-23-39)48-55(6,49(63)35(2)45(34)54(57,4)5)41(30-42-56(48,33-70-42)74-36(3)60)72-44(61)32-69-27-26-68-28-29-75-76-43-24-16-17-25-58-43/h7-25,35,40-42,46-48,50,62,67H,26-33H2,1-6H3,(H,59,64)/t35-,40?,41+,42?,46+,47-,48+,50+,55-,56+,57-/m1/s1. The zero-order valence-electron chi connectivity index (χ0n) is 43.2. The summed E-state index contributed by atoms with van der Waals surface area (Å²) in [5.41, 5.74) is -5.89. The fraction of sp³-hybridized carbons (Fsp3) is 0.456. The first-order chi connectivity index (χ1) is 36.3. The van der Waals surface area contributed by atoms with E-state index in [1.165, 1.54) is 29.9 Å². The van der Waals surface area contributed by atoms with E-state index >= 15 is 4.79 Å². The number of nitrogens with one attached hydrogen (secondary N) is 1. The smallest absolute Gasteiger partial charge is 0.338 e. The molecular weight excluding hydrogens is 1020 g/mol. The van der Waals surface area contributed by atoms with Crippen LogP contribution in [-0.4, -0.2) is 131 Å².